The van der Waals surface area contributed by atoms with E-state index >= 15 is 0 Å². The van der Waals surface area contributed by atoms with Crippen molar-refractivity contribution in [2.75, 3.05) is 26.3 Å². The summed E-state index contributed by atoms with van der Waals surface area (Å²) in [5.74, 6) is 0. The molecule has 1 atom stereocenters. The number of aliphatic hydroxyl groups is 2. The highest BCUT2D eigenvalue weighted by Gasteiger charge is 2.19. The lowest BCUT2D eigenvalue weighted by atomic mass is 9.89. The first-order chi connectivity index (χ1) is 6.68. The van der Waals surface area contributed by atoms with E-state index in [4.69, 9.17) is 10.2 Å². The van der Waals surface area contributed by atoms with E-state index in [1.165, 1.54) is 0 Å². The van der Waals surface area contributed by atoms with Crippen LogP contribution in [0.3, 0.4) is 0 Å². The Balaban J connectivity index is 3.34. The zero-order chi connectivity index (χ0) is 10.9. The summed E-state index contributed by atoms with van der Waals surface area (Å²) < 4.78 is 0. The largest absolute Gasteiger partial charge is 0.396 e. The number of hydrogen-bond donors (Lipinski definition) is 3. The van der Waals surface area contributed by atoms with E-state index in [-0.39, 0.29) is 12.0 Å². The van der Waals surface area contributed by atoms with Crippen LogP contribution in [-0.2, 0) is 0 Å². The molecule has 0 aliphatic rings. The molecule has 0 aliphatic carbocycles. The number of aliphatic hydroxyl groups excluding tert-OH is 2. The van der Waals surface area contributed by atoms with E-state index in [2.05, 4.69) is 19.2 Å². The Labute approximate surface area is 87.5 Å². The van der Waals surface area contributed by atoms with Crippen LogP contribution in [0, 0.1) is 5.41 Å². The summed E-state index contributed by atoms with van der Waals surface area (Å²) >= 11 is 0. The zero-order valence-corrected chi connectivity index (χ0v) is 9.55. The van der Waals surface area contributed by atoms with Crippen molar-refractivity contribution in [3.05, 3.63) is 0 Å². The van der Waals surface area contributed by atoms with E-state index in [1.54, 1.807) is 0 Å². The lowest BCUT2D eigenvalue weighted by Crippen LogP contribution is -2.34. The van der Waals surface area contributed by atoms with Crippen LogP contribution in [0.4, 0.5) is 0 Å². The number of unbranched alkanes of at least 4 members (excludes halogenated alkanes) is 2. The van der Waals surface area contributed by atoms with E-state index < -0.39 is 0 Å². The summed E-state index contributed by atoms with van der Waals surface area (Å²) in [6, 6.07) is 0. The van der Waals surface area contributed by atoms with Gasteiger partial charge in [0.2, 0.25) is 0 Å². The van der Waals surface area contributed by atoms with Gasteiger partial charge in [-0.1, -0.05) is 13.8 Å². The minimum atomic E-state index is 0.0248. The third-order valence-electron chi connectivity index (χ3n) is 2.80. The first-order valence-electron chi connectivity index (χ1n) is 5.61. The summed E-state index contributed by atoms with van der Waals surface area (Å²) in [7, 11) is 0. The highest BCUT2D eigenvalue weighted by atomic mass is 16.3. The molecule has 0 amide bonds. The number of hydrogen-bond acceptors (Lipinski definition) is 3. The fourth-order valence-electron chi connectivity index (χ4n) is 1.22. The lowest BCUT2D eigenvalue weighted by Gasteiger charge is -2.25. The maximum atomic E-state index is 9.15. The average Bonchev–Trinajstić information content (AvgIpc) is 2.23. The standard InChI is InChI=1S/C11H25NO2/c1-3-11(2,10-14)9-12-7-5-4-6-8-13/h12-14H,3-10H2,1-2H3. The molecular formula is C11H25NO2. The van der Waals surface area contributed by atoms with Gasteiger partial charge in [0.05, 0.1) is 0 Å². The molecule has 3 nitrogen and oxygen atoms in total. The first-order valence-corrected chi connectivity index (χ1v) is 5.61. The Bertz CT molecular complexity index is 124. The van der Waals surface area contributed by atoms with Gasteiger partial charge in [-0.25, -0.2) is 0 Å². The Kier molecular flexibility index (Phi) is 8.14. The molecular weight excluding hydrogens is 178 g/mol. The molecule has 3 N–H and O–H groups in total. The molecule has 0 rings (SSSR count). The van der Waals surface area contributed by atoms with Gasteiger partial charge in [-0.3, -0.25) is 0 Å². The minimum absolute atomic E-state index is 0.0248. The number of rotatable bonds is 9. The van der Waals surface area contributed by atoms with Crippen molar-refractivity contribution in [2.24, 2.45) is 5.41 Å². The van der Waals surface area contributed by atoms with Crippen LogP contribution in [0.1, 0.15) is 39.5 Å². The summed E-state index contributed by atoms with van der Waals surface area (Å²) in [6.45, 7) is 6.59. The zero-order valence-electron chi connectivity index (χ0n) is 9.55. The van der Waals surface area contributed by atoms with Crippen molar-refractivity contribution >= 4 is 0 Å². The Morgan fingerprint density at radius 2 is 1.86 bits per heavy atom. The SMILES string of the molecule is CCC(C)(CO)CNCCCCCO. The second kappa shape index (κ2) is 8.21. The van der Waals surface area contributed by atoms with Crippen molar-refractivity contribution in [2.45, 2.75) is 39.5 Å². The topological polar surface area (TPSA) is 52.5 Å². The van der Waals surface area contributed by atoms with Gasteiger partial charge in [0.25, 0.3) is 0 Å². The molecule has 0 bridgehead atoms. The predicted octanol–water partition coefficient (Wildman–Crippen LogP) is 1.15. The van der Waals surface area contributed by atoms with Gasteiger partial charge < -0.3 is 15.5 Å². The highest BCUT2D eigenvalue weighted by molar-refractivity contribution is 4.73. The molecule has 0 aromatic heterocycles. The van der Waals surface area contributed by atoms with E-state index in [0.29, 0.717) is 6.61 Å². The van der Waals surface area contributed by atoms with Crippen LogP contribution in [0.2, 0.25) is 0 Å². The molecule has 1 unspecified atom stereocenters. The second-order valence-corrected chi connectivity index (χ2v) is 4.28. The molecule has 3 heteroatoms. The summed E-state index contributed by atoms with van der Waals surface area (Å²) in [5, 5.41) is 21.1. The van der Waals surface area contributed by atoms with Gasteiger partial charge >= 0.3 is 0 Å². The Hall–Kier alpha value is -0.120. The van der Waals surface area contributed by atoms with Gasteiger partial charge in [-0.2, -0.15) is 0 Å². The normalized spacial score (nSPS) is 15.4. The molecule has 0 aromatic rings. The summed E-state index contributed by atoms with van der Waals surface area (Å²) in [4.78, 5) is 0. The fraction of sp³-hybridized carbons (Fsp3) is 1.00. The lowest BCUT2D eigenvalue weighted by molar-refractivity contribution is 0.135. The fourth-order valence-corrected chi connectivity index (χ4v) is 1.22. The van der Waals surface area contributed by atoms with Crippen LogP contribution in [0.25, 0.3) is 0 Å². The molecule has 0 spiro atoms. The second-order valence-electron chi connectivity index (χ2n) is 4.28. The number of nitrogens with one attached hydrogen (secondary N) is 1. The van der Waals surface area contributed by atoms with E-state index in [0.717, 1.165) is 38.8 Å². The van der Waals surface area contributed by atoms with Gasteiger partial charge in [-0.15, -0.1) is 0 Å². The Morgan fingerprint density at radius 1 is 1.14 bits per heavy atom. The van der Waals surface area contributed by atoms with E-state index in [9.17, 15) is 0 Å². The van der Waals surface area contributed by atoms with Crippen molar-refractivity contribution in [3.63, 3.8) is 0 Å². The van der Waals surface area contributed by atoms with Crippen molar-refractivity contribution < 1.29 is 10.2 Å². The molecule has 0 aliphatic heterocycles. The monoisotopic (exact) mass is 203 g/mol. The molecule has 0 fully saturated rings. The van der Waals surface area contributed by atoms with Crippen molar-refractivity contribution in [1.82, 2.24) is 5.32 Å². The van der Waals surface area contributed by atoms with Gasteiger partial charge in [-0.05, 0) is 32.2 Å². The van der Waals surface area contributed by atoms with E-state index in [1.807, 2.05) is 0 Å². The summed E-state index contributed by atoms with van der Waals surface area (Å²) in [6.07, 6.45) is 4.07. The van der Waals surface area contributed by atoms with Crippen molar-refractivity contribution in [1.29, 1.82) is 0 Å². The van der Waals surface area contributed by atoms with Crippen LogP contribution in [0.5, 0.6) is 0 Å². The smallest absolute Gasteiger partial charge is 0.0496 e. The third kappa shape index (κ3) is 6.35. The first kappa shape index (κ1) is 13.9. The van der Waals surface area contributed by atoms with Crippen molar-refractivity contribution in [3.8, 4) is 0 Å². The minimum Gasteiger partial charge on any atom is -0.396 e. The molecule has 0 saturated heterocycles. The third-order valence-corrected chi connectivity index (χ3v) is 2.80. The summed E-state index contributed by atoms with van der Waals surface area (Å²) in [5.41, 5.74) is 0.0248. The van der Waals surface area contributed by atoms with Crippen LogP contribution >= 0.6 is 0 Å². The van der Waals surface area contributed by atoms with Gasteiger partial charge in [0, 0.05) is 25.2 Å². The molecule has 0 radical (unpaired) electrons. The van der Waals surface area contributed by atoms with Crippen LogP contribution in [0.15, 0.2) is 0 Å². The molecule has 14 heavy (non-hydrogen) atoms. The molecule has 0 heterocycles. The maximum absolute atomic E-state index is 9.15. The molecule has 0 aromatic carbocycles. The maximum Gasteiger partial charge on any atom is 0.0496 e. The Morgan fingerprint density at radius 3 is 2.36 bits per heavy atom. The average molecular weight is 203 g/mol. The van der Waals surface area contributed by atoms with Crippen LogP contribution < -0.4 is 5.32 Å². The van der Waals surface area contributed by atoms with Gasteiger partial charge in [0.1, 0.15) is 0 Å². The van der Waals surface area contributed by atoms with Gasteiger partial charge in [0.15, 0.2) is 0 Å². The molecule has 0 saturated carbocycles. The quantitative estimate of drug-likeness (QED) is 0.493. The molecule has 86 valence electrons. The predicted molar refractivity (Wildman–Crippen MR) is 59.3 cm³/mol. The van der Waals surface area contributed by atoms with Crippen LogP contribution in [-0.4, -0.2) is 36.5 Å². The highest BCUT2D eigenvalue weighted by Crippen LogP contribution is 2.18.